The fourth-order valence-corrected chi connectivity index (χ4v) is 5.03. The van der Waals surface area contributed by atoms with Crippen LogP contribution < -0.4 is 34.7 Å². The van der Waals surface area contributed by atoms with Gasteiger partial charge < -0.3 is 14.6 Å². The Kier molecular flexibility index (Phi) is 42.8. The number of esters is 1. The molecule has 0 spiro atoms. The zero-order chi connectivity index (χ0) is 31.8. The Morgan fingerprint density at radius 1 is 0.595 bits per heavy atom. The minimum atomic E-state index is -4.39. The molecule has 0 atom stereocenters. The van der Waals surface area contributed by atoms with Gasteiger partial charge in [0.1, 0.15) is 5.75 Å². The van der Waals surface area contributed by atoms with Crippen molar-refractivity contribution in [2.24, 2.45) is 0 Å². The van der Waals surface area contributed by atoms with Crippen molar-refractivity contribution >= 4 is 60.1 Å². The molecule has 0 aliphatic rings. The van der Waals surface area contributed by atoms with Crippen LogP contribution in [-0.4, -0.2) is 83.9 Å². The minimum Gasteiger partial charge on any atom is -0.549 e. The molecule has 242 valence electrons. The molecule has 14 heteroatoms. The number of hydrogen-bond acceptors (Lipinski definition) is 8. The first-order valence-corrected chi connectivity index (χ1v) is 20.2. The van der Waals surface area contributed by atoms with Crippen LogP contribution in [0.1, 0.15) is 142 Å². The summed E-state index contributed by atoms with van der Waals surface area (Å²) in [5.74, 6) is -4.99. The van der Waals surface area contributed by atoms with Gasteiger partial charge in [-0.05, 0) is 6.42 Å². The van der Waals surface area contributed by atoms with E-state index in [0.717, 1.165) is 19.3 Å². The minimum absolute atomic E-state index is 0. The third-order valence-corrected chi connectivity index (χ3v) is 7.98. The number of carbonyl (C=O) groups is 2. The monoisotopic (exact) mass is 662 g/mol. The summed E-state index contributed by atoms with van der Waals surface area (Å²) in [6, 6.07) is 0. The molecule has 0 aromatic carbocycles. The maximum atomic E-state index is 11.0. The molecule has 0 amide bonds. The summed E-state index contributed by atoms with van der Waals surface area (Å²) < 4.78 is 62.3. The van der Waals surface area contributed by atoms with E-state index in [-0.39, 0.29) is 36.2 Å². The zero-order valence-electron chi connectivity index (χ0n) is 26.9. The maximum absolute atomic E-state index is 11.0. The molecule has 2 N–H and O–H groups in total. The van der Waals surface area contributed by atoms with Crippen molar-refractivity contribution in [3.63, 3.8) is 0 Å². The number of ether oxygens (including phenoxy) is 1. The van der Waals surface area contributed by atoms with E-state index in [4.69, 9.17) is 13.8 Å². The SMILES string of the molecule is CCCCCCCCCCCCOC(=O)CS(=O)(=O)O.CCCCCCCCCCC[CH2][Na].O=C([O-])CS(=O)(=O)O.[Na+]. The molecule has 42 heavy (non-hydrogen) atoms. The average molecular weight is 663 g/mol. The van der Waals surface area contributed by atoms with Crippen LogP contribution in [0.25, 0.3) is 0 Å². The van der Waals surface area contributed by atoms with E-state index in [1.165, 1.54) is 141 Å². The molecular formula is C28H56Na2O10S2. The second kappa shape index (κ2) is 36.2. The zero-order valence-corrected chi connectivity index (χ0v) is 32.6. The van der Waals surface area contributed by atoms with Gasteiger partial charge in [-0.15, -0.1) is 0 Å². The van der Waals surface area contributed by atoms with Gasteiger partial charge in [0.15, 0.2) is 5.75 Å². The van der Waals surface area contributed by atoms with E-state index >= 15 is 0 Å². The first-order chi connectivity index (χ1) is 19.3. The molecule has 0 aliphatic carbocycles. The standard InChI is InChI=1S/C14H28O5S.C12H25.C2H4O5S.2Na/c1-2-3-4-5-6-7-8-9-10-11-12-19-14(15)13-20(16,17)18;1-3-5-7-9-11-12-10-8-6-4-2;3-2(4)1-8(5,6)7;;/h2-13H2,1H3,(H,16,17,18);1,3-12H2,2H3;1H2,(H,3,4)(H,5,6,7);;/q;;;;+1/p-1. The molecule has 0 heterocycles. The van der Waals surface area contributed by atoms with Crippen molar-refractivity contribution in [3.05, 3.63) is 0 Å². The number of carboxylic acids is 1. The molecule has 0 aromatic heterocycles. The molecule has 0 rings (SSSR count). The molecule has 0 saturated carbocycles. The average Bonchev–Trinajstić information content (AvgIpc) is 2.84. The normalized spacial score (nSPS) is 10.9. The van der Waals surface area contributed by atoms with Gasteiger partial charge in [-0.2, -0.15) is 16.8 Å². The second-order valence-corrected chi connectivity index (χ2v) is 14.3. The molecule has 0 aromatic rings. The van der Waals surface area contributed by atoms with Crippen LogP contribution in [0, 0.1) is 0 Å². The van der Waals surface area contributed by atoms with E-state index in [2.05, 4.69) is 13.8 Å². The van der Waals surface area contributed by atoms with Crippen LogP contribution in [0.3, 0.4) is 0 Å². The van der Waals surface area contributed by atoms with Gasteiger partial charge in [0.2, 0.25) is 0 Å². The topological polar surface area (TPSA) is 175 Å². The Bertz CT molecular complexity index is 798. The summed E-state index contributed by atoms with van der Waals surface area (Å²) in [6.45, 7) is 4.72. The van der Waals surface area contributed by atoms with Crippen LogP contribution in [0.15, 0.2) is 0 Å². The summed E-state index contributed by atoms with van der Waals surface area (Å²) in [7, 11) is -8.65. The first kappa shape index (κ1) is 49.6. The van der Waals surface area contributed by atoms with E-state index in [1.54, 1.807) is 0 Å². The van der Waals surface area contributed by atoms with Gasteiger partial charge in [-0.1, -0.05) is 64.7 Å². The van der Waals surface area contributed by atoms with Crippen LogP contribution in [0.4, 0.5) is 0 Å². The van der Waals surface area contributed by atoms with Crippen molar-refractivity contribution < 1.29 is 74.9 Å². The van der Waals surface area contributed by atoms with E-state index in [1.807, 2.05) is 0 Å². The largest absolute Gasteiger partial charge is 1.00 e. The molecule has 0 aliphatic heterocycles. The van der Waals surface area contributed by atoms with Gasteiger partial charge in [0.05, 0.1) is 12.6 Å². The number of carboxylic acid groups (broad SMARTS) is 1. The predicted octanol–water partition coefficient (Wildman–Crippen LogP) is 2.46. The van der Waals surface area contributed by atoms with Crippen molar-refractivity contribution in [2.45, 2.75) is 146 Å². The second-order valence-electron chi connectivity index (χ2n) is 10.4. The molecule has 0 bridgehead atoms. The molecule has 0 radical (unpaired) electrons. The van der Waals surface area contributed by atoms with Gasteiger partial charge >= 0.3 is 138 Å². The van der Waals surface area contributed by atoms with Gasteiger partial charge in [-0.3, -0.25) is 13.9 Å². The van der Waals surface area contributed by atoms with E-state index in [9.17, 15) is 31.5 Å². The van der Waals surface area contributed by atoms with Gasteiger partial charge in [-0.25, -0.2) is 0 Å². The number of carbonyl (C=O) groups excluding carboxylic acids is 2. The van der Waals surface area contributed by atoms with E-state index in [0.29, 0.717) is 0 Å². The third-order valence-electron chi connectivity index (χ3n) is 6.07. The summed E-state index contributed by atoms with van der Waals surface area (Å²) in [4.78, 5) is 20.3. The van der Waals surface area contributed by atoms with E-state index < -0.39 is 43.7 Å². The Morgan fingerprint density at radius 2 is 0.905 bits per heavy atom. The van der Waals surface area contributed by atoms with Crippen molar-refractivity contribution in [1.29, 1.82) is 0 Å². The molecule has 0 unspecified atom stereocenters. The number of hydrogen-bond donors (Lipinski definition) is 2. The van der Waals surface area contributed by atoms with Crippen molar-refractivity contribution in [3.8, 4) is 0 Å². The van der Waals surface area contributed by atoms with Gasteiger partial charge in [0, 0.05) is 0 Å². The number of rotatable bonds is 25. The van der Waals surface area contributed by atoms with Crippen LogP contribution in [0.2, 0.25) is 3.67 Å². The quantitative estimate of drug-likeness (QED) is 0.0639. The fourth-order valence-electron chi connectivity index (χ4n) is 3.85. The fraction of sp³-hybridized carbons (Fsp3) is 0.929. The summed E-state index contributed by atoms with van der Waals surface area (Å²) in [6.07, 6.45) is 26.6. The molecule has 0 fully saturated rings. The number of unbranched alkanes of at least 4 members (excludes halogenated alkanes) is 18. The maximum Gasteiger partial charge on any atom is 1.00 e. The summed E-state index contributed by atoms with van der Waals surface area (Å²) in [5, 5.41) is 9.36. The molecule has 10 nitrogen and oxygen atoms in total. The smallest absolute Gasteiger partial charge is 0.549 e. The Morgan fingerprint density at radius 3 is 1.17 bits per heavy atom. The van der Waals surface area contributed by atoms with Crippen LogP contribution >= 0.6 is 0 Å². The predicted molar refractivity (Wildman–Crippen MR) is 163 cm³/mol. The van der Waals surface area contributed by atoms with Crippen LogP contribution in [0.5, 0.6) is 0 Å². The molecular weight excluding hydrogens is 606 g/mol. The summed E-state index contributed by atoms with van der Waals surface area (Å²) >= 11 is 1.41. The van der Waals surface area contributed by atoms with Crippen molar-refractivity contribution in [2.75, 3.05) is 18.1 Å². The third kappa shape index (κ3) is 56.5. The Balaban J connectivity index is -0.000000282. The van der Waals surface area contributed by atoms with Crippen molar-refractivity contribution in [1.82, 2.24) is 0 Å². The molecule has 0 saturated heterocycles. The summed E-state index contributed by atoms with van der Waals surface area (Å²) in [5.41, 5.74) is 0. The van der Waals surface area contributed by atoms with Gasteiger partial charge in [0.25, 0.3) is 20.2 Å². The first-order valence-electron chi connectivity index (χ1n) is 15.5. The van der Waals surface area contributed by atoms with Crippen LogP contribution in [-0.2, 0) is 34.6 Å². The Hall–Kier alpha value is 0.760. The number of aliphatic carboxylic acids is 1. The Labute approximate surface area is 296 Å².